The number of amides is 1. The van der Waals surface area contributed by atoms with Crippen LogP contribution in [0.15, 0.2) is 59.3 Å². The molecule has 0 unspecified atom stereocenters. The minimum Gasteiger partial charge on any atom is -0.497 e. The van der Waals surface area contributed by atoms with Crippen LogP contribution in [0.1, 0.15) is 22.8 Å². The molecule has 3 aromatic rings. The van der Waals surface area contributed by atoms with Crippen LogP contribution in [0.25, 0.3) is 11.3 Å². The highest BCUT2D eigenvalue weighted by Crippen LogP contribution is 2.28. The average molecular weight is 336 g/mol. The number of rotatable bonds is 5. The van der Waals surface area contributed by atoms with Gasteiger partial charge in [-0.2, -0.15) is 0 Å². The van der Waals surface area contributed by atoms with Crippen LogP contribution in [0.4, 0.5) is 5.69 Å². The largest absolute Gasteiger partial charge is 0.497 e. The first-order chi connectivity index (χ1) is 12.1. The quantitative estimate of drug-likeness (QED) is 0.696. The molecular weight excluding hydrogens is 316 g/mol. The number of carbonyl (C=O) groups is 1. The van der Waals surface area contributed by atoms with Crippen LogP contribution in [-0.2, 0) is 0 Å². The summed E-state index contributed by atoms with van der Waals surface area (Å²) in [7, 11) is 1.61. The lowest BCUT2D eigenvalue weighted by Crippen LogP contribution is -2.30. The van der Waals surface area contributed by atoms with Crippen LogP contribution in [-0.4, -0.2) is 24.7 Å². The fourth-order valence-electron chi connectivity index (χ4n) is 2.73. The molecule has 0 spiro atoms. The Morgan fingerprint density at radius 1 is 1.20 bits per heavy atom. The smallest absolute Gasteiger partial charge is 0.263 e. The molecule has 0 saturated heterocycles. The van der Waals surface area contributed by atoms with Crippen molar-refractivity contribution in [2.75, 3.05) is 18.6 Å². The van der Waals surface area contributed by atoms with Gasteiger partial charge in [-0.25, -0.2) is 0 Å². The van der Waals surface area contributed by atoms with E-state index in [1.807, 2.05) is 62.4 Å². The first-order valence-electron chi connectivity index (χ1n) is 8.11. The molecule has 0 saturated carbocycles. The average Bonchev–Trinajstić information content (AvgIpc) is 3.12. The molecular formula is C20H20N2O3. The maximum absolute atomic E-state index is 13.1. The highest BCUT2D eigenvalue weighted by atomic mass is 16.5. The van der Waals surface area contributed by atoms with Crippen molar-refractivity contribution in [2.45, 2.75) is 13.8 Å². The van der Waals surface area contributed by atoms with Crippen LogP contribution in [0.5, 0.6) is 5.75 Å². The van der Waals surface area contributed by atoms with Crippen LogP contribution < -0.4 is 9.64 Å². The number of nitrogens with zero attached hydrogens (tertiary/aromatic N) is 2. The van der Waals surface area contributed by atoms with Gasteiger partial charge >= 0.3 is 0 Å². The molecule has 0 fully saturated rings. The Morgan fingerprint density at radius 2 is 1.96 bits per heavy atom. The van der Waals surface area contributed by atoms with Gasteiger partial charge in [0.15, 0.2) is 5.76 Å². The zero-order valence-corrected chi connectivity index (χ0v) is 14.5. The highest BCUT2D eigenvalue weighted by molar-refractivity contribution is 6.09. The SMILES string of the molecule is CCN(C(=O)c1cnoc1-c1ccc(OC)cc1)c1cccc(C)c1. The number of hydrogen-bond donors (Lipinski definition) is 0. The summed E-state index contributed by atoms with van der Waals surface area (Å²) in [6, 6.07) is 15.2. The second kappa shape index (κ2) is 7.21. The van der Waals surface area contributed by atoms with Gasteiger partial charge in [-0.3, -0.25) is 4.79 Å². The number of carbonyl (C=O) groups excluding carboxylic acids is 1. The Bertz CT molecular complexity index is 869. The molecule has 0 N–H and O–H groups in total. The summed E-state index contributed by atoms with van der Waals surface area (Å²) in [5.74, 6) is 1.06. The summed E-state index contributed by atoms with van der Waals surface area (Å²) < 4.78 is 10.5. The monoisotopic (exact) mass is 336 g/mol. The zero-order chi connectivity index (χ0) is 17.8. The van der Waals surface area contributed by atoms with Gasteiger partial charge in [0.1, 0.15) is 11.3 Å². The van der Waals surface area contributed by atoms with Gasteiger partial charge in [0, 0.05) is 17.8 Å². The molecule has 0 radical (unpaired) electrons. The van der Waals surface area contributed by atoms with Crippen molar-refractivity contribution in [1.82, 2.24) is 5.16 Å². The predicted octanol–water partition coefficient (Wildman–Crippen LogP) is 4.33. The summed E-state index contributed by atoms with van der Waals surface area (Å²) in [6.45, 7) is 4.50. The van der Waals surface area contributed by atoms with Crippen LogP contribution in [0.3, 0.4) is 0 Å². The number of hydrogen-bond acceptors (Lipinski definition) is 4. The van der Waals surface area contributed by atoms with Gasteiger partial charge < -0.3 is 14.2 Å². The molecule has 0 bridgehead atoms. The summed E-state index contributed by atoms with van der Waals surface area (Å²) >= 11 is 0. The van der Waals surface area contributed by atoms with E-state index >= 15 is 0 Å². The fraction of sp³-hybridized carbons (Fsp3) is 0.200. The number of aryl methyl sites for hydroxylation is 1. The second-order valence-electron chi connectivity index (χ2n) is 5.69. The van der Waals surface area contributed by atoms with E-state index in [1.165, 1.54) is 6.20 Å². The Hall–Kier alpha value is -3.08. The predicted molar refractivity (Wildman–Crippen MR) is 97.0 cm³/mol. The first kappa shape index (κ1) is 16.8. The van der Waals surface area contributed by atoms with Crippen molar-refractivity contribution in [3.8, 4) is 17.1 Å². The molecule has 5 nitrogen and oxygen atoms in total. The Balaban J connectivity index is 1.96. The lowest BCUT2D eigenvalue weighted by atomic mass is 10.1. The van der Waals surface area contributed by atoms with Gasteiger partial charge in [-0.05, 0) is 55.8 Å². The lowest BCUT2D eigenvalue weighted by Gasteiger charge is -2.21. The van der Waals surface area contributed by atoms with Gasteiger partial charge in [0.05, 0.1) is 13.3 Å². The van der Waals surface area contributed by atoms with Crippen molar-refractivity contribution < 1.29 is 14.1 Å². The van der Waals surface area contributed by atoms with E-state index in [0.717, 1.165) is 22.6 Å². The summed E-state index contributed by atoms with van der Waals surface area (Å²) in [4.78, 5) is 14.8. The second-order valence-corrected chi connectivity index (χ2v) is 5.69. The van der Waals surface area contributed by atoms with Crippen molar-refractivity contribution in [1.29, 1.82) is 0 Å². The van der Waals surface area contributed by atoms with Crippen LogP contribution in [0.2, 0.25) is 0 Å². The Labute approximate surface area is 146 Å². The topological polar surface area (TPSA) is 55.6 Å². The van der Waals surface area contributed by atoms with Gasteiger partial charge in [-0.15, -0.1) is 0 Å². The molecule has 1 aromatic heterocycles. The van der Waals surface area contributed by atoms with Crippen molar-refractivity contribution >= 4 is 11.6 Å². The van der Waals surface area contributed by atoms with Crippen LogP contribution in [0, 0.1) is 6.92 Å². The number of benzene rings is 2. The van der Waals surface area contributed by atoms with E-state index < -0.39 is 0 Å². The summed E-state index contributed by atoms with van der Waals surface area (Å²) in [6.07, 6.45) is 1.47. The fourth-order valence-corrected chi connectivity index (χ4v) is 2.73. The normalized spacial score (nSPS) is 10.5. The third-order valence-electron chi connectivity index (χ3n) is 4.03. The molecule has 0 aliphatic rings. The molecule has 1 heterocycles. The molecule has 5 heteroatoms. The molecule has 0 aliphatic carbocycles. The Morgan fingerprint density at radius 3 is 2.60 bits per heavy atom. The lowest BCUT2D eigenvalue weighted by molar-refractivity contribution is 0.0988. The molecule has 25 heavy (non-hydrogen) atoms. The minimum atomic E-state index is -0.139. The van der Waals surface area contributed by atoms with E-state index in [0.29, 0.717) is 17.9 Å². The standard InChI is InChI=1S/C20H20N2O3/c1-4-22(16-7-5-6-14(2)12-16)20(23)18-13-21-25-19(18)15-8-10-17(24-3)11-9-15/h5-13H,4H2,1-3H3. The van der Waals surface area contributed by atoms with Gasteiger partial charge in [0.2, 0.25) is 0 Å². The molecule has 1 amide bonds. The highest BCUT2D eigenvalue weighted by Gasteiger charge is 2.23. The Kier molecular flexibility index (Phi) is 4.84. The number of anilines is 1. The third kappa shape index (κ3) is 3.40. The minimum absolute atomic E-state index is 0.139. The van der Waals surface area contributed by atoms with Crippen molar-refractivity contribution in [3.05, 3.63) is 65.9 Å². The first-order valence-corrected chi connectivity index (χ1v) is 8.11. The third-order valence-corrected chi connectivity index (χ3v) is 4.03. The maximum atomic E-state index is 13.1. The number of ether oxygens (including phenoxy) is 1. The van der Waals surface area contributed by atoms with E-state index in [2.05, 4.69) is 5.16 Å². The van der Waals surface area contributed by atoms with Gasteiger partial charge in [-0.1, -0.05) is 17.3 Å². The molecule has 0 aliphatic heterocycles. The number of methoxy groups -OCH3 is 1. The van der Waals surface area contributed by atoms with Crippen molar-refractivity contribution in [2.24, 2.45) is 0 Å². The van der Waals surface area contributed by atoms with Crippen LogP contribution >= 0.6 is 0 Å². The zero-order valence-electron chi connectivity index (χ0n) is 14.5. The van der Waals surface area contributed by atoms with E-state index in [-0.39, 0.29) is 5.91 Å². The van der Waals surface area contributed by atoms with Crippen molar-refractivity contribution in [3.63, 3.8) is 0 Å². The van der Waals surface area contributed by atoms with E-state index in [1.54, 1.807) is 12.0 Å². The maximum Gasteiger partial charge on any atom is 0.263 e. The van der Waals surface area contributed by atoms with E-state index in [9.17, 15) is 4.79 Å². The molecule has 0 atom stereocenters. The van der Waals surface area contributed by atoms with E-state index in [4.69, 9.17) is 9.26 Å². The summed E-state index contributed by atoms with van der Waals surface area (Å²) in [5.41, 5.74) is 3.18. The number of aromatic nitrogens is 1. The van der Waals surface area contributed by atoms with Gasteiger partial charge in [0.25, 0.3) is 5.91 Å². The molecule has 128 valence electrons. The molecule has 3 rings (SSSR count). The molecule has 2 aromatic carbocycles. The summed E-state index contributed by atoms with van der Waals surface area (Å²) in [5, 5.41) is 3.84.